The zero-order valence-corrected chi connectivity index (χ0v) is 8.55. The second-order valence-electron chi connectivity index (χ2n) is 3.65. The topological polar surface area (TPSA) is 20.2 Å². The van der Waals surface area contributed by atoms with Crippen molar-refractivity contribution in [3.63, 3.8) is 0 Å². The Labute approximate surface area is 83.2 Å². The number of aliphatic hydroxyl groups is 1. The molecule has 0 spiro atoms. The fraction of sp³-hybridized carbons (Fsp3) is 0.455. The van der Waals surface area contributed by atoms with Gasteiger partial charge in [0, 0.05) is 16.8 Å². The van der Waals surface area contributed by atoms with E-state index in [4.69, 9.17) is 5.11 Å². The first kappa shape index (κ1) is 9.10. The Kier molecular flexibility index (Phi) is 2.61. The minimum atomic E-state index is 0.351. The van der Waals surface area contributed by atoms with Crippen LogP contribution in [0.25, 0.3) is 0 Å². The molecule has 1 fully saturated rings. The van der Waals surface area contributed by atoms with Crippen LogP contribution in [0, 0.1) is 12.8 Å². The molecule has 1 saturated carbocycles. The van der Waals surface area contributed by atoms with Crippen molar-refractivity contribution < 1.29 is 5.11 Å². The molecule has 1 aliphatic carbocycles. The second-order valence-corrected chi connectivity index (χ2v) is 4.96. The van der Waals surface area contributed by atoms with Crippen LogP contribution >= 0.6 is 11.8 Å². The van der Waals surface area contributed by atoms with Gasteiger partial charge in [0.25, 0.3) is 0 Å². The van der Waals surface area contributed by atoms with Crippen LogP contribution in [0.3, 0.4) is 0 Å². The molecule has 1 N–H and O–H groups in total. The third-order valence-electron chi connectivity index (χ3n) is 2.40. The van der Waals surface area contributed by atoms with E-state index in [0.29, 0.717) is 17.8 Å². The Bertz CT molecular complexity index is 281. The van der Waals surface area contributed by atoms with Crippen molar-refractivity contribution in [3.05, 3.63) is 29.8 Å². The molecule has 0 heterocycles. The summed E-state index contributed by atoms with van der Waals surface area (Å²) in [5.41, 5.74) is 1.30. The fourth-order valence-electron chi connectivity index (χ4n) is 1.35. The molecule has 1 aromatic rings. The molecule has 0 bridgehead atoms. The molecule has 0 saturated heterocycles. The van der Waals surface area contributed by atoms with Crippen molar-refractivity contribution in [3.8, 4) is 0 Å². The minimum absolute atomic E-state index is 0.351. The van der Waals surface area contributed by atoms with Crippen molar-refractivity contribution >= 4 is 11.8 Å². The highest BCUT2D eigenvalue weighted by Crippen LogP contribution is 2.44. The van der Waals surface area contributed by atoms with Gasteiger partial charge in [-0.15, -0.1) is 11.8 Å². The van der Waals surface area contributed by atoms with Crippen LogP contribution < -0.4 is 0 Å². The molecule has 0 radical (unpaired) electrons. The number of benzene rings is 1. The number of thioether (sulfide) groups is 1. The van der Waals surface area contributed by atoms with Gasteiger partial charge in [-0.2, -0.15) is 0 Å². The summed E-state index contributed by atoms with van der Waals surface area (Å²) in [6.45, 7) is 2.45. The van der Waals surface area contributed by atoms with Crippen molar-refractivity contribution in [2.45, 2.75) is 23.5 Å². The van der Waals surface area contributed by atoms with Crippen LogP contribution in [0.2, 0.25) is 0 Å². The van der Waals surface area contributed by atoms with Gasteiger partial charge in [0.1, 0.15) is 0 Å². The highest BCUT2D eigenvalue weighted by atomic mass is 32.2. The van der Waals surface area contributed by atoms with E-state index in [1.54, 1.807) is 0 Å². The van der Waals surface area contributed by atoms with Gasteiger partial charge in [0.05, 0.1) is 0 Å². The van der Waals surface area contributed by atoms with Crippen LogP contribution in [-0.2, 0) is 0 Å². The van der Waals surface area contributed by atoms with Gasteiger partial charge in [0.2, 0.25) is 0 Å². The standard InChI is InChI=1S/C11H14OS/c1-8-2-4-10(5-3-8)13-11-6-9(11)7-12/h2-5,9,11-12H,6-7H2,1H3. The smallest absolute Gasteiger partial charge is 0.0470 e. The van der Waals surface area contributed by atoms with Crippen LogP contribution in [0.5, 0.6) is 0 Å². The van der Waals surface area contributed by atoms with Gasteiger partial charge < -0.3 is 5.11 Å². The van der Waals surface area contributed by atoms with E-state index in [1.165, 1.54) is 16.9 Å². The van der Waals surface area contributed by atoms with E-state index in [1.807, 2.05) is 11.8 Å². The van der Waals surface area contributed by atoms with Crippen LogP contribution in [0.4, 0.5) is 0 Å². The van der Waals surface area contributed by atoms with E-state index in [0.717, 1.165) is 0 Å². The lowest BCUT2D eigenvalue weighted by molar-refractivity contribution is 0.277. The monoisotopic (exact) mass is 194 g/mol. The average molecular weight is 194 g/mol. The van der Waals surface area contributed by atoms with Crippen LogP contribution in [0.15, 0.2) is 29.2 Å². The maximum absolute atomic E-state index is 8.89. The molecule has 70 valence electrons. The lowest BCUT2D eigenvalue weighted by atomic mass is 10.2. The minimum Gasteiger partial charge on any atom is -0.396 e. The van der Waals surface area contributed by atoms with E-state index in [2.05, 4.69) is 31.2 Å². The molecule has 1 aliphatic rings. The molecule has 2 heteroatoms. The van der Waals surface area contributed by atoms with Crippen molar-refractivity contribution in [2.75, 3.05) is 6.61 Å². The summed E-state index contributed by atoms with van der Waals surface area (Å²) in [6.07, 6.45) is 1.18. The molecule has 2 rings (SSSR count). The Morgan fingerprint density at radius 1 is 1.38 bits per heavy atom. The molecule has 1 aromatic carbocycles. The SMILES string of the molecule is Cc1ccc(SC2CC2CO)cc1. The first-order valence-corrected chi connectivity index (χ1v) is 5.52. The molecule has 13 heavy (non-hydrogen) atoms. The highest BCUT2D eigenvalue weighted by Gasteiger charge is 2.36. The summed E-state index contributed by atoms with van der Waals surface area (Å²) in [5, 5.41) is 9.55. The molecule has 1 nitrogen and oxygen atoms in total. The maximum atomic E-state index is 8.89. The van der Waals surface area contributed by atoms with E-state index in [-0.39, 0.29) is 0 Å². The summed E-state index contributed by atoms with van der Waals surface area (Å²) >= 11 is 1.89. The molecule has 0 aromatic heterocycles. The largest absolute Gasteiger partial charge is 0.396 e. The maximum Gasteiger partial charge on any atom is 0.0470 e. The lowest BCUT2D eigenvalue weighted by Gasteiger charge is -1.99. The second kappa shape index (κ2) is 3.72. The van der Waals surface area contributed by atoms with Gasteiger partial charge in [-0.25, -0.2) is 0 Å². The summed E-state index contributed by atoms with van der Waals surface area (Å²) in [5.74, 6) is 0.548. The highest BCUT2D eigenvalue weighted by molar-refractivity contribution is 8.00. The van der Waals surface area contributed by atoms with Gasteiger partial charge in [-0.1, -0.05) is 17.7 Å². The molecular weight excluding hydrogens is 180 g/mol. The number of aliphatic hydroxyl groups excluding tert-OH is 1. The van der Waals surface area contributed by atoms with Crippen molar-refractivity contribution in [2.24, 2.45) is 5.92 Å². The number of rotatable bonds is 3. The van der Waals surface area contributed by atoms with Gasteiger partial charge in [-0.05, 0) is 31.4 Å². The van der Waals surface area contributed by atoms with Crippen LogP contribution in [-0.4, -0.2) is 17.0 Å². The fourth-order valence-corrected chi connectivity index (χ4v) is 2.61. The Balaban J connectivity index is 1.92. The van der Waals surface area contributed by atoms with Gasteiger partial charge in [0.15, 0.2) is 0 Å². The van der Waals surface area contributed by atoms with Crippen molar-refractivity contribution in [1.29, 1.82) is 0 Å². The van der Waals surface area contributed by atoms with Crippen molar-refractivity contribution in [1.82, 2.24) is 0 Å². The molecule has 0 amide bonds. The van der Waals surface area contributed by atoms with E-state index >= 15 is 0 Å². The number of aryl methyl sites for hydroxylation is 1. The molecule has 0 aliphatic heterocycles. The first-order chi connectivity index (χ1) is 6.29. The lowest BCUT2D eigenvalue weighted by Crippen LogP contribution is -1.88. The molecule has 2 unspecified atom stereocenters. The van der Waals surface area contributed by atoms with E-state index < -0.39 is 0 Å². The predicted molar refractivity (Wildman–Crippen MR) is 56.0 cm³/mol. The summed E-state index contributed by atoms with van der Waals surface area (Å²) in [4.78, 5) is 1.33. The molecular formula is C11H14OS. The van der Waals surface area contributed by atoms with Gasteiger partial charge in [-0.3, -0.25) is 0 Å². The summed E-state index contributed by atoms with van der Waals surface area (Å²) in [6, 6.07) is 8.59. The zero-order valence-electron chi connectivity index (χ0n) is 7.73. The zero-order chi connectivity index (χ0) is 9.26. The van der Waals surface area contributed by atoms with Crippen LogP contribution in [0.1, 0.15) is 12.0 Å². The normalized spacial score (nSPS) is 26.0. The first-order valence-electron chi connectivity index (χ1n) is 4.64. The summed E-state index contributed by atoms with van der Waals surface area (Å²) in [7, 11) is 0. The van der Waals surface area contributed by atoms with E-state index in [9.17, 15) is 0 Å². The summed E-state index contributed by atoms with van der Waals surface area (Å²) < 4.78 is 0. The Morgan fingerprint density at radius 3 is 2.62 bits per heavy atom. The number of hydrogen-bond donors (Lipinski definition) is 1. The predicted octanol–water partition coefficient (Wildman–Crippen LogP) is 2.47. The third kappa shape index (κ3) is 2.26. The quantitative estimate of drug-likeness (QED) is 0.797. The number of hydrogen-bond acceptors (Lipinski definition) is 2. The average Bonchev–Trinajstić information content (AvgIpc) is 2.88. The Morgan fingerprint density at radius 2 is 2.08 bits per heavy atom. The van der Waals surface area contributed by atoms with Gasteiger partial charge >= 0.3 is 0 Å². The third-order valence-corrected chi connectivity index (χ3v) is 3.83. The Hall–Kier alpha value is -0.470. The molecule has 2 atom stereocenters.